The number of hydrogen-bond donors (Lipinski definition) is 0. The first-order valence-corrected chi connectivity index (χ1v) is 7.63. The summed E-state index contributed by atoms with van der Waals surface area (Å²) >= 11 is 5.79. The normalized spacial score (nSPS) is 12.2. The molecule has 2 rings (SSSR count). The molecule has 0 unspecified atom stereocenters. The maximum atomic E-state index is 12.4. The molecule has 4 nitrogen and oxygen atoms in total. The summed E-state index contributed by atoms with van der Waals surface area (Å²) < 4.78 is 63.8. The number of rotatable bonds is 3. The monoisotopic (exact) mass is 351 g/mol. The molecule has 0 aliphatic carbocycles. The van der Waals surface area contributed by atoms with Gasteiger partial charge >= 0.3 is 15.6 Å². The van der Waals surface area contributed by atoms with E-state index in [0.29, 0.717) is 11.1 Å². The van der Waals surface area contributed by atoms with Crippen LogP contribution in [0.1, 0.15) is 5.56 Å². The third kappa shape index (κ3) is 3.33. The van der Waals surface area contributed by atoms with Crippen molar-refractivity contribution in [2.45, 2.75) is 12.4 Å². The second-order valence-electron chi connectivity index (χ2n) is 4.30. The van der Waals surface area contributed by atoms with Crippen molar-refractivity contribution in [3.05, 3.63) is 47.1 Å². The van der Waals surface area contributed by atoms with E-state index >= 15 is 0 Å². The van der Waals surface area contributed by atoms with Crippen LogP contribution in [0.15, 0.2) is 36.5 Å². The molecule has 1 aromatic heterocycles. The van der Waals surface area contributed by atoms with Crippen molar-refractivity contribution in [2.75, 3.05) is 0 Å². The molecular weight excluding hydrogens is 343 g/mol. The predicted molar refractivity (Wildman–Crippen MR) is 75.0 cm³/mol. The highest BCUT2D eigenvalue weighted by Gasteiger charge is 2.49. The molecule has 0 amide bonds. The van der Waals surface area contributed by atoms with E-state index in [1.807, 2.05) is 0 Å². The van der Waals surface area contributed by atoms with Crippen molar-refractivity contribution >= 4 is 21.7 Å². The minimum Gasteiger partial charge on any atom is -0.355 e. The number of alkyl halides is 3. The van der Waals surface area contributed by atoms with Gasteiger partial charge in [-0.2, -0.15) is 21.6 Å². The fourth-order valence-electron chi connectivity index (χ4n) is 1.71. The zero-order valence-corrected chi connectivity index (χ0v) is 12.6. The molecule has 0 aliphatic heterocycles. The largest absolute Gasteiger partial charge is 0.534 e. The van der Waals surface area contributed by atoms with Gasteiger partial charge in [-0.1, -0.05) is 35.9 Å². The van der Waals surface area contributed by atoms with Gasteiger partial charge in [-0.3, -0.25) is 0 Å². The number of nitrogens with zero attached hydrogens (tertiary/aromatic N) is 1. The van der Waals surface area contributed by atoms with Crippen LogP contribution < -0.4 is 4.18 Å². The van der Waals surface area contributed by atoms with Gasteiger partial charge in [0.05, 0.1) is 5.02 Å². The molecule has 22 heavy (non-hydrogen) atoms. The summed E-state index contributed by atoms with van der Waals surface area (Å²) in [5, 5.41) is 0.134. The number of aryl methyl sites for hydroxylation is 1. The van der Waals surface area contributed by atoms with Crippen LogP contribution in [0.5, 0.6) is 5.88 Å². The number of hydrogen-bond acceptors (Lipinski definition) is 4. The van der Waals surface area contributed by atoms with E-state index < -0.39 is 21.5 Å². The Balaban J connectivity index is 2.58. The quantitative estimate of drug-likeness (QED) is 0.621. The number of pyridine rings is 1. The first-order valence-electron chi connectivity index (χ1n) is 5.84. The van der Waals surface area contributed by atoms with Crippen molar-refractivity contribution in [1.29, 1.82) is 0 Å². The summed E-state index contributed by atoms with van der Waals surface area (Å²) in [4.78, 5) is 3.56. The molecule has 1 heterocycles. The summed E-state index contributed by atoms with van der Waals surface area (Å²) in [6, 6.07) is 7.96. The molecule has 0 N–H and O–H groups in total. The van der Waals surface area contributed by atoms with Crippen molar-refractivity contribution < 1.29 is 25.8 Å². The highest BCUT2D eigenvalue weighted by atomic mass is 35.5. The van der Waals surface area contributed by atoms with Gasteiger partial charge in [0, 0.05) is 11.8 Å². The van der Waals surface area contributed by atoms with Crippen LogP contribution in [0, 0.1) is 6.92 Å². The Labute approximate surface area is 129 Å². The standard InChI is InChI=1S/C13H9ClF3NO3S/c1-8-4-2-3-5-10(8)11-6-9(14)7-18-12(11)21-22(19,20)13(15,16)17/h2-7H,1H3. The lowest BCUT2D eigenvalue weighted by Gasteiger charge is -2.13. The van der Waals surface area contributed by atoms with E-state index in [9.17, 15) is 21.6 Å². The van der Waals surface area contributed by atoms with Crippen LogP contribution in [0.2, 0.25) is 5.02 Å². The zero-order valence-electron chi connectivity index (χ0n) is 11.1. The molecule has 0 fully saturated rings. The molecule has 0 saturated carbocycles. The lowest BCUT2D eigenvalue weighted by Crippen LogP contribution is -2.28. The summed E-state index contributed by atoms with van der Waals surface area (Å²) in [5.41, 5.74) is -4.33. The first kappa shape index (κ1) is 16.6. The fraction of sp³-hybridized carbons (Fsp3) is 0.154. The third-order valence-corrected chi connectivity index (χ3v) is 3.88. The molecule has 0 atom stereocenters. The Morgan fingerprint density at radius 1 is 1.18 bits per heavy atom. The molecule has 9 heteroatoms. The van der Waals surface area contributed by atoms with Gasteiger partial charge < -0.3 is 4.18 Å². The fourth-order valence-corrected chi connectivity index (χ4v) is 2.31. The molecule has 0 spiro atoms. The van der Waals surface area contributed by atoms with Gasteiger partial charge in [-0.05, 0) is 24.1 Å². The molecule has 1 aromatic carbocycles. The Bertz CT molecular complexity index is 806. The maximum Gasteiger partial charge on any atom is 0.534 e. The van der Waals surface area contributed by atoms with E-state index in [1.54, 1.807) is 31.2 Å². The van der Waals surface area contributed by atoms with Gasteiger partial charge in [0.2, 0.25) is 5.88 Å². The van der Waals surface area contributed by atoms with Gasteiger partial charge in [0.15, 0.2) is 0 Å². The molecule has 2 aromatic rings. The topological polar surface area (TPSA) is 56.3 Å². The number of benzene rings is 1. The average molecular weight is 352 g/mol. The molecule has 0 bridgehead atoms. The smallest absolute Gasteiger partial charge is 0.355 e. The van der Waals surface area contributed by atoms with E-state index in [4.69, 9.17) is 11.6 Å². The van der Waals surface area contributed by atoms with E-state index in [2.05, 4.69) is 9.17 Å². The van der Waals surface area contributed by atoms with Crippen LogP contribution >= 0.6 is 11.6 Å². The molecule has 118 valence electrons. The van der Waals surface area contributed by atoms with Gasteiger partial charge in [0.25, 0.3) is 0 Å². The Kier molecular flexibility index (Phi) is 4.35. The summed E-state index contributed by atoms with van der Waals surface area (Å²) in [6.07, 6.45) is 1.00. The lowest BCUT2D eigenvalue weighted by molar-refractivity contribution is -0.0501. The summed E-state index contributed by atoms with van der Waals surface area (Å²) in [7, 11) is -5.81. The van der Waals surface area contributed by atoms with Crippen molar-refractivity contribution in [2.24, 2.45) is 0 Å². The van der Waals surface area contributed by atoms with E-state index in [1.165, 1.54) is 6.07 Å². The molecule has 0 aliphatic rings. The second-order valence-corrected chi connectivity index (χ2v) is 6.28. The Hall–Kier alpha value is -1.80. The van der Waals surface area contributed by atoms with Crippen LogP contribution in [0.25, 0.3) is 11.1 Å². The van der Waals surface area contributed by atoms with Gasteiger partial charge in [-0.25, -0.2) is 4.98 Å². The van der Waals surface area contributed by atoms with Crippen LogP contribution in [0.4, 0.5) is 13.2 Å². The van der Waals surface area contributed by atoms with Crippen molar-refractivity contribution in [3.63, 3.8) is 0 Å². The summed E-state index contributed by atoms with van der Waals surface area (Å²) in [5.74, 6) is -0.684. The number of aromatic nitrogens is 1. The molecular formula is C13H9ClF3NO3S. The van der Waals surface area contributed by atoms with Crippen LogP contribution in [-0.4, -0.2) is 18.9 Å². The van der Waals surface area contributed by atoms with Crippen LogP contribution in [-0.2, 0) is 10.1 Å². The van der Waals surface area contributed by atoms with E-state index in [-0.39, 0.29) is 10.6 Å². The zero-order chi connectivity index (χ0) is 16.5. The highest BCUT2D eigenvalue weighted by Crippen LogP contribution is 2.35. The van der Waals surface area contributed by atoms with Gasteiger partial charge in [0.1, 0.15) is 0 Å². The van der Waals surface area contributed by atoms with Crippen LogP contribution in [0.3, 0.4) is 0 Å². The van der Waals surface area contributed by atoms with Gasteiger partial charge in [-0.15, -0.1) is 0 Å². The average Bonchev–Trinajstić information content (AvgIpc) is 2.40. The maximum absolute atomic E-state index is 12.4. The summed E-state index contributed by atoms with van der Waals surface area (Å²) in [6.45, 7) is 1.71. The minimum absolute atomic E-state index is 0.0541. The third-order valence-electron chi connectivity index (χ3n) is 2.73. The lowest BCUT2D eigenvalue weighted by atomic mass is 10.0. The van der Waals surface area contributed by atoms with E-state index in [0.717, 1.165) is 6.20 Å². The number of halogens is 4. The van der Waals surface area contributed by atoms with Crippen molar-refractivity contribution in [1.82, 2.24) is 4.98 Å². The molecule has 0 saturated heterocycles. The molecule has 0 radical (unpaired) electrons. The Morgan fingerprint density at radius 2 is 1.82 bits per heavy atom. The second kappa shape index (κ2) is 5.77. The predicted octanol–water partition coefficient (Wildman–Crippen LogP) is 3.94. The first-order chi connectivity index (χ1) is 10.1. The Morgan fingerprint density at radius 3 is 2.41 bits per heavy atom. The van der Waals surface area contributed by atoms with Crippen molar-refractivity contribution in [3.8, 4) is 17.0 Å². The minimum atomic E-state index is -5.81. The highest BCUT2D eigenvalue weighted by molar-refractivity contribution is 7.88. The SMILES string of the molecule is Cc1ccccc1-c1cc(Cl)cnc1OS(=O)(=O)C(F)(F)F.